The Morgan fingerprint density at radius 3 is 2.74 bits per heavy atom. The second kappa shape index (κ2) is 6.45. The van der Waals surface area contributed by atoms with E-state index in [9.17, 15) is 4.79 Å². The molecule has 1 unspecified atom stereocenters. The molecule has 0 radical (unpaired) electrons. The minimum Gasteiger partial charge on any atom is -0.378 e. The summed E-state index contributed by atoms with van der Waals surface area (Å²) in [5.74, 6) is 0.147. The van der Waals surface area contributed by atoms with Crippen LogP contribution in [0.2, 0.25) is 0 Å². The highest BCUT2D eigenvalue weighted by atomic mass is 32.1. The number of hydrogen-bond acceptors (Lipinski definition) is 5. The molecule has 1 amide bonds. The summed E-state index contributed by atoms with van der Waals surface area (Å²) in [5.41, 5.74) is 1.06. The zero-order valence-electron chi connectivity index (χ0n) is 11.7. The Hall–Kier alpha value is -0.980. The van der Waals surface area contributed by atoms with Crippen LogP contribution in [0.4, 0.5) is 0 Å². The number of carbonyl (C=O) groups is 1. The second-order valence-electron chi connectivity index (χ2n) is 4.78. The Kier molecular flexibility index (Phi) is 4.90. The van der Waals surface area contributed by atoms with Gasteiger partial charge in [-0.3, -0.25) is 4.79 Å². The van der Waals surface area contributed by atoms with Crippen molar-refractivity contribution < 1.29 is 9.53 Å². The summed E-state index contributed by atoms with van der Waals surface area (Å²) in [7, 11) is 0. The van der Waals surface area contributed by atoms with Crippen molar-refractivity contribution in [1.82, 2.24) is 15.2 Å². The van der Waals surface area contributed by atoms with E-state index < -0.39 is 0 Å². The van der Waals surface area contributed by atoms with E-state index in [1.807, 2.05) is 18.7 Å². The van der Waals surface area contributed by atoms with Crippen molar-refractivity contribution in [2.45, 2.75) is 26.8 Å². The standard InChI is InChI=1S/C13H21N3O2S/c1-9(13-10(2)15-11(3)19-13)14-8-12(17)16-4-6-18-7-5-16/h9,14H,4-8H2,1-3H3. The van der Waals surface area contributed by atoms with E-state index in [-0.39, 0.29) is 11.9 Å². The van der Waals surface area contributed by atoms with Crippen LogP contribution >= 0.6 is 11.3 Å². The molecule has 6 heteroatoms. The summed E-state index contributed by atoms with van der Waals surface area (Å²) in [6.07, 6.45) is 0. The van der Waals surface area contributed by atoms with E-state index in [0.717, 1.165) is 10.7 Å². The Morgan fingerprint density at radius 1 is 1.47 bits per heavy atom. The van der Waals surface area contributed by atoms with Crippen LogP contribution in [0.5, 0.6) is 0 Å². The molecule has 0 saturated carbocycles. The van der Waals surface area contributed by atoms with Crippen molar-refractivity contribution in [2.24, 2.45) is 0 Å². The Labute approximate surface area is 118 Å². The molecule has 106 valence electrons. The normalized spacial score (nSPS) is 17.5. The van der Waals surface area contributed by atoms with Crippen LogP contribution in [0.1, 0.15) is 28.5 Å². The molecular formula is C13H21N3O2S. The molecule has 2 rings (SSSR count). The quantitative estimate of drug-likeness (QED) is 0.904. The number of hydrogen-bond donors (Lipinski definition) is 1. The third-order valence-electron chi connectivity index (χ3n) is 3.26. The van der Waals surface area contributed by atoms with Crippen LogP contribution in [0, 0.1) is 13.8 Å². The summed E-state index contributed by atoms with van der Waals surface area (Å²) < 4.78 is 5.24. The predicted molar refractivity (Wildman–Crippen MR) is 75.4 cm³/mol. The highest BCUT2D eigenvalue weighted by Crippen LogP contribution is 2.24. The number of amides is 1. The molecule has 1 aromatic heterocycles. The molecule has 5 nitrogen and oxygen atoms in total. The minimum atomic E-state index is 0.147. The van der Waals surface area contributed by atoms with Gasteiger partial charge in [0.05, 0.1) is 30.5 Å². The maximum absolute atomic E-state index is 12.0. The summed E-state index contributed by atoms with van der Waals surface area (Å²) in [6, 6.07) is 0.163. The average molecular weight is 283 g/mol. The van der Waals surface area contributed by atoms with Crippen molar-refractivity contribution in [3.05, 3.63) is 15.6 Å². The first-order valence-corrected chi connectivity index (χ1v) is 7.42. The number of nitrogens with one attached hydrogen (secondary N) is 1. The molecule has 0 aliphatic carbocycles. The van der Waals surface area contributed by atoms with Gasteiger partial charge in [0.15, 0.2) is 0 Å². The van der Waals surface area contributed by atoms with Gasteiger partial charge in [-0.15, -0.1) is 11.3 Å². The highest BCUT2D eigenvalue weighted by Gasteiger charge is 2.18. The van der Waals surface area contributed by atoms with Gasteiger partial charge in [-0.05, 0) is 20.8 Å². The minimum absolute atomic E-state index is 0.147. The molecule has 1 atom stereocenters. The molecule has 1 saturated heterocycles. The fraction of sp³-hybridized carbons (Fsp3) is 0.692. The third kappa shape index (κ3) is 3.75. The number of ether oxygens (including phenoxy) is 1. The number of nitrogens with zero attached hydrogens (tertiary/aromatic N) is 2. The van der Waals surface area contributed by atoms with Gasteiger partial charge in [-0.1, -0.05) is 0 Å². The van der Waals surface area contributed by atoms with Crippen molar-refractivity contribution in [1.29, 1.82) is 0 Å². The molecule has 0 bridgehead atoms. The molecule has 1 aliphatic rings. The van der Waals surface area contributed by atoms with Crippen LogP contribution in [-0.4, -0.2) is 48.6 Å². The van der Waals surface area contributed by atoms with Gasteiger partial charge < -0.3 is 15.0 Å². The zero-order valence-corrected chi connectivity index (χ0v) is 12.5. The van der Waals surface area contributed by atoms with Crippen molar-refractivity contribution in [3.63, 3.8) is 0 Å². The third-order valence-corrected chi connectivity index (χ3v) is 4.51. The molecule has 1 N–H and O–H groups in total. The van der Waals surface area contributed by atoms with Crippen LogP contribution in [0.15, 0.2) is 0 Å². The molecule has 19 heavy (non-hydrogen) atoms. The number of aryl methyl sites for hydroxylation is 2. The van der Waals surface area contributed by atoms with E-state index in [0.29, 0.717) is 32.8 Å². The summed E-state index contributed by atoms with van der Waals surface area (Å²) in [4.78, 5) is 19.5. The van der Waals surface area contributed by atoms with Crippen LogP contribution in [-0.2, 0) is 9.53 Å². The van der Waals surface area contributed by atoms with Crippen LogP contribution < -0.4 is 5.32 Å². The lowest BCUT2D eigenvalue weighted by Gasteiger charge is -2.27. The maximum Gasteiger partial charge on any atom is 0.236 e. The Balaban J connectivity index is 1.84. The second-order valence-corrected chi connectivity index (χ2v) is 6.01. The summed E-state index contributed by atoms with van der Waals surface area (Å²) in [5, 5.41) is 4.36. The number of carbonyl (C=O) groups excluding carboxylic acids is 1. The molecule has 1 aliphatic heterocycles. The van der Waals surface area contributed by atoms with Crippen LogP contribution in [0.25, 0.3) is 0 Å². The monoisotopic (exact) mass is 283 g/mol. The van der Waals surface area contributed by atoms with E-state index in [2.05, 4.69) is 17.2 Å². The largest absolute Gasteiger partial charge is 0.378 e. The number of aromatic nitrogens is 1. The van der Waals surface area contributed by atoms with Crippen molar-refractivity contribution in [3.8, 4) is 0 Å². The highest BCUT2D eigenvalue weighted by molar-refractivity contribution is 7.11. The average Bonchev–Trinajstić information content (AvgIpc) is 2.75. The molecular weight excluding hydrogens is 262 g/mol. The van der Waals surface area contributed by atoms with Gasteiger partial charge in [0.2, 0.25) is 5.91 Å². The summed E-state index contributed by atoms with van der Waals surface area (Å²) >= 11 is 1.69. The lowest BCUT2D eigenvalue weighted by molar-refractivity contribution is -0.134. The Bertz CT molecular complexity index is 441. The van der Waals surface area contributed by atoms with Gasteiger partial charge >= 0.3 is 0 Å². The first-order chi connectivity index (χ1) is 9.08. The van der Waals surface area contributed by atoms with Crippen molar-refractivity contribution >= 4 is 17.2 Å². The maximum atomic E-state index is 12.0. The molecule has 0 aromatic carbocycles. The van der Waals surface area contributed by atoms with Gasteiger partial charge in [0.1, 0.15) is 0 Å². The van der Waals surface area contributed by atoms with E-state index in [1.54, 1.807) is 11.3 Å². The fourth-order valence-electron chi connectivity index (χ4n) is 2.21. The zero-order chi connectivity index (χ0) is 13.8. The van der Waals surface area contributed by atoms with E-state index in [1.165, 1.54) is 4.88 Å². The molecule has 1 aromatic rings. The number of rotatable bonds is 4. The van der Waals surface area contributed by atoms with E-state index in [4.69, 9.17) is 4.74 Å². The number of thiazole rings is 1. The van der Waals surface area contributed by atoms with Crippen LogP contribution in [0.3, 0.4) is 0 Å². The van der Waals surface area contributed by atoms with Gasteiger partial charge in [0.25, 0.3) is 0 Å². The lowest BCUT2D eigenvalue weighted by atomic mass is 10.2. The van der Waals surface area contributed by atoms with Crippen molar-refractivity contribution in [2.75, 3.05) is 32.8 Å². The van der Waals surface area contributed by atoms with Gasteiger partial charge in [-0.25, -0.2) is 4.98 Å². The molecule has 2 heterocycles. The first-order valence-electron chi connectivity index (χ1n) is 6.60. The Morgan fingerprint density at radius 2 is 2.16 bits per heavy atom. The summed E-state index contributed by atoms with van der Waals surface area (Å²) in [6.45, 7) is 9.17. The SMILES string of the molecule is Cc1nc(C)c(C(C)NCC(=O)N2CCOCC2)s1. The topological polar surface area (TPSA) is 54.5 Å². The van der Waals surface area contributed by atoms with Gasteiger partial charge in [0, 0.05) is 24.0 Å². The predicted octanol–water partition coefficient (Wildman–Crippen LogP) is 1.27. The lowest BCUT2D eigenvalue weighted by Crippen LogP contribution is -2.45. The van der Waals surface area contributed by atoms with E-state index >= 15 is 0 Å². The fourth-order valence-corrected chi connectivity index (χ4v) is 3.16. The molecule has 1 fully saturated rings. The first kappa shape index (κ1) is 14.4. The smallest absolute Gasteiger partial charge is 0.236 e. The van der Waals surface area contributed by atoms with Gasteiger partial charge in [-0.2, -0.15) is 0 Å². The number of morpholine rings is 1. The molecule has 0 spiro atoms.